The lowest BCUT2D eigenvalue weighted by atomic mass is 9.87. The summed E-state index contributed by atoms with van der Waals surface area (Å²) in [5.41, 5.74) is 16.1. The van der Waals surface area contributed by atoms with Crippen LogP contribution in [0.2, 0.25) is 0 Å². The second-order valence-electron chi connectivity index (χ2n) is 12.9. The normalized spacial score (nSPS) is 21.2. The van der Waals surface area contributed by atoms with Crippen molar-refractivity contribution in [1.82, 2.24) is 0 Å². The molecule has 1 heterocycles. The van der Waals surface area contributed by atoms with Crippen molar-refractivity contribution in [1.29, 1.82) is 5.26 Å². The van der Waals surface area contributed by atoms with E-state index >= 15 is 0 Å². The molecule has 3 heteroatoms. The monoisotopic (exact) mass is 667 g/mol. The SMILES string of the molecule is C/C=C(N)/C(/C=C\CC#N)=C/C.C=C1/C=C\C2C=CC=CC2/C=C/Cc2cc(-c3ccccc3)ccc2N1Cc1ccc(C2C=CC=CC2)cc1. The van der Waals surface area contributed by atoms with Gasteiger partial charge in [-0.05, 0) is 78.3 Å². The summed E-state index contributed by atoms with van der Waals surface area (Å²) in [5, 5.41) is 8.28. The number of benzene rings is 3. The Morgan fingerprint density at radius 3 is 2.27 bits per heavy atom. The van der Waals surface area contributed by atoms with Crippen LogP contribution in [0.15, 0.2) is 194 Å². The maximum Gasteiger partial charge on any atom is 0.0663 e. The number of hydrogen-bond acceptors (Lipinski definition) is 3. The Kier molecular flexibility index (Phi) is 13.4. The Morgan fingerprint density at radius 1 is 0.843 bits per heavy atom. The van der Waals surface area contributed by atoms with Crippen LogP contribution in [0.5, 0.6) is 0 Å². The summed E-state index contributed by atoms with van der Waals surface area (Å²) < 4.78 is 0. The zero-order chi connectivity index (χ0) is 35.8. The second-order valence-corrected chi connectivity index (χ2v) is 12.9. The Morgan fingerprint density at radius 2 is 1.59 bits per heavy atom. The molecule has 0 aromatic heterocycles. The number of nitriles is 1. The highest BCUT2D eigenvalue weighted by atomic mass is 15.1. The predicted octanol–water partition coefficient (Wildman–Crippen LogP) is 11.8. The fraction of sp³-hybridized carbons (Fsp3) is 0.188. The van der Waals surface area contributed by atoms with Crippen LogP contribution in [0, 0.1) is 23.2 Å². The maximum absolute atomic E-state index is 8.28. The van der Waals surface area contributed by atoms with E-state index in [0.29, 0.717) is 24.2 Å². The first-order valence-electron chi connectivity index (χ1n) is 17.9. The molecule has 0 saturated heterocycles. The summed E-state index contributed by atoms with van der Waals surface area (Å²) in [6.07, 6.45) is 36.7. The molecule has 6 rings (SSSR count). The van der Waals surface area contributed by atoms with E-state index < -0.39 is 0 Å². The van der Waals surface area contributed by atoms with Crippen molar-refractivity contribution >= 4 is 5.69 Å². The number of fused-ring (bicyclic) bond motifs is 2. The van der Waals surface area contributed by atoms with Crippen molar-refractivity contribution in [3.05, 3.63) is 210 Å². The minimum atomic E-state index is 0.336. The van der Waals surface area contributed by atoms with Crippen molar-refractivity contribution in [2.75, 3.05) is 4.90 Å². The third-order valence-electron chi connectivity index (χ3n) is 9.44. The summed E-state index contributed by atoms with van der Waals surface area (Å²) in [7, 11) is 0. The molecule has 0 bridgehead atoms. The van der Waals surface area contributed by atoms with E-state index in [0.717, 1.165) is 36.4 Å². The van der Waals surface area contributed by atoms with Crippen LogP contribution in [0.4, 0.5) is 5.69 Å². The molecule has 3 unspecified atom stereocenters. The Labute approximate surface area is 305 Å². The van der Waals surface area contributed by atoms with Gasteiger partial charge in [0.15, 0.2) is 0 Å². The number of rotatable bonds is 7. The van der Waals surface area contributed by atoms with Crippen LogP contribution in [0.1, 0.15) is 49.3 Å². The molecule has 2 N–H and O–H groups in total. The van der Waals surface area contributed by atoms with Crippen LogP contribution in [-0.4, -0.2) is 0 Å². The molecular weight excluding hydrogens is 619 g/mol. The lowest BCUT2D eigenvalue weighted by Crippen LogP contribution is -2.22. The van der Waals surface area contributed by atoms with E-state index in [-0.39, 0.29) is 0 Å². The Hall–Kier alpha value is -5.85. The van der Waals surface area contributed by atoms with Gasteiger partial charge in [-0.25, -0.2) is 0 Å². The standard InChI is InChI=1S/C38H35N.C10H14N2/c1-29-19-22-34-16-9-8-15-32(34)17-10-18-37-27-36(33-13-6-3-7-14-33)25-26-38(37)39(29)28-30-20-23-35(24-21-30)31-11-4-2-5-12-31;1-3-9(10(12)4-2)7-5-6-8-11/h2-11,13-17,19-27,31-32,34H,1,12,18,28H2;3-5,7H,6,12H2,1-2H3/b17-10+,22-19-;7-5-,9-3+,10-4-. The average Bonchev–Trinajstić information content (AvgIpc) is 3.21. The molecule has 51 heavy (non-hydrogen) atoms. The van der Waals surface area contributed by atoms with Gasteiger partial charge in [0.05, 0.1) is 12.5 Å². The van der Waals surface area contributed by atoms with Gasteiger partial charge >= 0.3 is 0 Å². The van der Waals surface area contributed by atoms with E-state index in [2.05, 4.69) is 157 Å². The van der Waals surface area contributed by atoms with Gasteiger partial charge in [-0.1, -0.05) is 158 Å². The molecule has 0 radical (unpaired) electrons. The maximum atomic E-state index is 8.28. The number of nitrogens with two attached hydrogens (primary N) is 1. The molecule has 256 valence electrons. The highest BCUT2D eigenvalue weighted by Crippen LogP contribution is 2.34. The minimum Gasteiger partial charge on any atom is -0.399 e. The Balaban J connectivity index is 0.000000362. The van der Waals surface area contributed by atoms with Gasteiger partial charge in [0.1, 0.15) is 0 Å². The second kappa shape index (κ2) is 18.8. The third-order valence-corrected chi connectivity index (χ3v) is 9.44. The van der Waals surface area contributed by atoms with Crippen molar-refractivity contribution in [3.8, 4) is 17.2 Å². The van der Waals surface area contributed by atoms with Crippen molar-refractivity contribution in [2.24, 2.45) is 17.6 Å². The summed E-state index contributed by atoms with van der Waals surface area (Å²) >= 11 is 0. The summed E-state index contributed by atoms with van der Waals surface area (Å²) in [5.74, 6) is 1.17. The van der Waals surface area contributed by atoms with Crippen molar-refractivity contribution in [3.63, 3.8) is 0 Å². The van der Waals surface area contributed by atoms with Crippen LogP contribution < -0.4 is 10.6 Å². The molecule has 3 aromatic rings. The molecule has 0 spiro atoms. The van der Waals surface area contributed by atoms with Gasteiger partial charge < -0.3 is 10.6 Å². The summed E-state index contributed by atoms with van der Waals surface area (Å²) in [6.45, 7) is 9.14. The fourth-order valence-corrected chi connectivity index (χ4v) is 6.50. The number of allylic oxidation sites excluding steroid dienone is 16. The average molecular weight is 668 g/mol. The van der Waals surface area contributed by atoms with E-state index in [1.54, 1.807) is 6.08 Å². The van der Waals surface area contributed by atoms with E-state index in [1.807, 2.05) is 38.1 Å². The molecule has 2 aliphatic carbocycles. The largest absolute Gasteiger partial charge is 0.399 e. The van der Waals surface area contributed by atoms with E-state index in [1.165, 1.54) is 33.5 Å². The molecular formula is C48H49N3. The topological polar surface area (TPSA) is 53.1 Å². The highest BCUT2D eigenvalue weighted by molar-refractivity contribution is 5.71. The van der Waals surface area contributed by atoms with Crippen LogP contribution >= 0.6 is 0 Å². The molecule has 3 aliphatic rings. The highest BCUT2D eigenvalue weighted by Gasteiger charge is 2.19. The van der Waals surface area contributed by atoms with Gasteiger partial charge in [-0.15, -0.1) is 0 Å². The zero-order valence-electron chi connectivity index (χ0n) is 29.9. The molecule has 3 atom stereocenters. The molecule has 0 saturated carbocycles. The number of nitrogens with zero attached hydrogens (tertiary/aromatic N) is 2. The summed E-state index contributed by atoms with van der Waals surface area (Å²) in [6, 6.07) is 28.7. The fourth-order valence-electron chi connectivity index (χ4n) is 6.50. The van der Waals surface area contributed by atoms with E-state index in [4.69, 9.17) is 11.0 Å². The minimum absolute atomic E-state index is 0.336. The first-order chi connectivity index (χ1) is 25.0. The van der Waals surface area contributed by atoms with Crippen LogP contribution in [-0.2, 0) is 13.0 Å². The quantitative estimate of drug-likeness (QED) is 0.201. The first-order valence-corrected chi connectivity index (χ1v) is 17.9. The summed E-state index contributed by atoms with van der Waals surface area (Å²) in [4.78, 5) is 2.38. The first kappa shape index (κ1) is 36.4. The van der Waals surface area contributed by atoms with Crippen molar-refractivity contribution < 1.29 is 0 Å². The Bertz CT molecular complexity index is 1950. The molecule has 0 amide bonds. The molecule has 0 fully saturated rings. The van der Waals surface area contributed by atoms with Gasteiger partial charge in [-0.3, -0.25) is 0 Å². The number of anilines is 1. The zero-order valence-corrected chi connectivity index (χ0v) is 29.9. The molecule has 1 aliphatic heterocycles. The smallest absolute Gasteiger partial charge is 0.0663 e. The predicted molar refractivity (Wildman–Crippen MR) is 218 cm³/mol. The number of hydrogen-bond donors (Lipinski definition) is 1. The van der Waals surface area contributed by atoms with Gasteiger partial charge in [-0.2, -0.15) is 5.26 Å². The third kappa shape index (κ3) is 10.1. The van der Waals surface area contributed by atoms with Gasteiger partial charge in [0.25, 0.3) is 0 Å². The van der Waals surface area contributed by atoms with Gasteiger partial charge in [0, 0.05) is 41.4 Å². The van der Waals surface area contributed by atoms with Crippen LogP contribution in [0.3, 0.4) is 0 Å². The lowest BCUT2D eigenvalue weighted by Gasteiger charge is -2.28. The van der Waals surface area contributed by atoms with E-state index in [9.17, 15) is 0 Å². The molecule has 3 aromatic carbocycles. The van der Waals surface area contributed by atoms with Crippen LogP contribution in [0.25, 0.3) is 11.1 Å². The lowest BCUT2D eigenvalue weighted by molar-refractivity contribution is 0.665. The van der Waals surface area contributed by atoms with Crippen molar-refractivity contribution in [2.45, 2.75) is 45.6 Å². The molecule has 3 nitrogen and oxygen atoms in total. The van der Waals surface area contributed by atoms with Gasteiger partial charge in [0.2, 0.25) is 0 Å².